The molecular weight excluding hydrogens is 352 g/mol. The Morgan fingerprint density at radius 3 is 2.64 bits per heavy atom. The Morgan fingerprint density at radius 1 is 1.07 bits per heavy atom. The lowest BCUT2D eigenvalue weighted by atomic mass is 10.2. The monoisotopic (exact) mass is 372 g/mol. The van der Waals surface area contributed by atoms with Gasteiger partial charge in [0.2, 0.25) is 0 Å². The molecule has 28 heavy (non-hydrogen) atoms. The van der Waals surface area contributed by atoms with Gasteiger partial charge in [-0.2, -0.15) is 0 Å². The summed E-state index contributed by atoms with van der Waals surface area (Å²) < 4.78 is 7.45. The third kappa shape index (κ3) is 3.81. The smallest absolute Gasteiger partial charge is 0.410 e. The summed E-state index contributed by atoms with van der Waals surface area (Å²) in [6.45, 7) is 0.426. The Bertz CT molecular complexity index is 1080. The highest BCUT2D eigenvalue weighted by Crippen LogP contribution is 2.24. The number of rotatable bonds is 5. The van der Waals surface area contributed by atoms with Crippen LogP contribution in [-0.2, 0) is 6.54 Å². The number of pyridine rings is 1. The number of carbonyl (C=O) groups is 1. The second-order valence-corrected chi connectivity index (χ2v) is 6.34. The van der Waals surface area contributed by atoms with Crippen LogP contribution >= 0.6 is 0 Å². The van der Waals surface area contributed by atoms with E-state index in [4.69, 9.17) is 4.74 Å². The second kappa shape index (κ2) is 7.84. The first-order chi connectivity index (χ1) is 13.7. The van der Waals surface area contributed by atoms with Crippen LogP contribution in [0.3, 0.4) is 0 Å². The molecule has 4 aromatic rings. The molecule has 0 radical (unpaired) electrons. The summed E-state index contributed by atoms with van der Waals surface area (Å²) in [7, 11) is 1.98. The number of aromatic nitrogens is 2. The highest BCUT2D eigenvalue weighted by Gasteiger charge is 2.10. The van der Waals surface area contributed by atoms with Gasteiger partial charge < -0.3 is 10.1 Å². The molecule has 1 amide bonds. The van der Waals surface area contributed by atoms with Crippen molar-refractivity contribution < 1.29 is 9.53 Å². The van der Waals surface area contributed by atoms with Crippen molar-refractivity contribution in [1.82, 2.24) is 15.0 Å². The van der Waals surface area contributed by atoms with Gasteiger partial charge in [0.05, 0.1) is 11.2 Å². The molecule has 6 heteroatoms. The molecule has 0 aliphatic carbocycles. The molecule has 2 aromatic carbocycles. The van der Waals surface area contributed by atoms with Gasteiger partial charge in [-0.3, -0.25) is 14.7 Å². The average Bonchev–Trinajstić information content (AvgIpc) is 3.16. The van der Waals surface area contributed by atoms with Crippen molar-refractivity contribution in [2.24, 2.45) is 0 Å². The molecule has 0 aliphatic rings. The number of benzene rings is 2. The van der Waals surface area contributed by atoms with E-state index in [9.17, 15) is 4.79 Å². The number of fused-ring (bicyclic) bond motifs is 1. The first-order valence-corrected chi connectivity index (χ1v) is 8.95. The standard InChI is InChI=1S/C22H20N4O2/c1-25(19-9-12-23-13-10-19)26-14-11-18-15-20(7-8-21(18)26)28-22(27)24-16-17-5-3-2-4-6-17/h2-15H,16H2,1H3,(H,24,27). The summed E-state index contributed by atoms with van der Waals surface area (Å²) in [6.07, 6.45) is 5.02. The van der Waals surface area contributed by atoms with Crippen LogP contribution in [0.4, 0.5) is 10.5 Å². The molecule has 2 heterocycles. The maximum absolute atomic E-state index is 12.1. The van der Waals surface area contributed by atoms with E-state index in [2.05, 4.69) is 10.3 Å². The Kier molecular flexibility index (Phi) is 4.93. The molecule has 4 rings (SSSR count). The molecule has 0 atom stereocenters. The number of nitrogens with zero attached hydrogens (tertiary/aromatic N) is 3. The summed E-state index contributed by atoms with van der Waals surface area (Å²) in [6, 6.07) is 21.2. The number of hydrogen-bond acceptors (Lipinski definition) is 4. The quantitative estimate of drug-likeness (QED) is 0.570. The van der Waals surface area contributed by atoms with Gasteiger partial charge in [0.25, 0.3) is 0 Å². The van der Waals surface area contributed by atoms with Gasteiger partial charge in [0, 0.05) is 37.6 Å². The maximum Gasteiger partial charge on any atom is 0.412 e. The number of hydrogen-bond donors (Lipinski definition) is 1. The van der Waals surface area contributed by atoms with Crippen LogP contribution in [0.1, 0.15) is 5.56 Å². The Hall–Kier alpha value is -3.80. The van der Waals surface area contributed by atoms with Gasteiger partial charge in [-0.25, -0.2) is 4.79 Å². The maximum atomic E-state index is 12.1. The summed E-state index contributed by atoms with van der Waals surface area (Å²) in [5.74, 6) is 0.502. The number of amides is 1. The lowest BCUT2D eigenvalue weighted by molar-refractivity contribution is 0.200. The zero-order valence-corrected chi connectivity index (χ0v) is 15.4. The number of ether oxygens (including phenoxy) is 1. The van der Waals surface area contributed by atoms with Gasteiger partial charge in [-0.1, -0.05) is 30.3 Å². The molecule has 0 saturated heterocycles. The Morgan fingerprint density at radius 2 is 1.86 bits per heavy atom. The predicted molar refractivity (Wildman–Crippen MR) is 109 cm³/mol. The number of anilines is 1. The molecule has 0 saturated carbocycles. The van der Waals surface area contributed by atoms with E-state index < -0.39 is 6.09 Å². The van der Waals surface area contributed by atoms with Crippen LogP contribution in [0, 0.1) is 0 Å². The van der Waals surface area contributed by atoms with Crippen molar-refractivity contribution in [2.45, 2.75) is 6.54 Å². The van der Waals surface area contributed by atoms with E-state index in [1.807, 2.05) is 83.6 Å². The molecule has 1 N–H and O–H groups in total. The minimum absolute atomic E-state index is 0.426. The molecule has 0 unspecified atom stereocenters. The van der Waals surface area contributed by atoms with E-state index in [1.165, 1.54) is 0 Å². The lowest BCUT2D eigenvalue weighted by Gasteiger charge is -2.21. The fourth-order valence-electron chi connectivity index (χ4n) is 3.03. The van der Waals surface area contributed by atoms with Crippen molar-refractivity contribution in [3.63, 3.8) is 0 Å². The van der Waals surface area contributed by atoms with Crippen molar-refractivity contribution in [2.75, 3.05) is 12.1 Å². The van der Waals surface area contributed by atoms with Crippen molar-refractivity contribution in [3.05, 3.63) is 90.9 Å². The average molecular weight is 372 g/mol. The van der Waals surface area contributed by atoms with E-state index >= 15 is 0 Å². The fraction of sp³-hybridized carbons (Fsp3) is 0.0909. The van der Waals surface area contributed by atoms with Gasteiger partial charge in [-0.15, -0.1) is 0 Å². The zero-order valence-electron chi connectivity index (χ0n) is 15.4. The normalized spacial score (nSPS) is 10.6. The van der Waals surface area contributed by atoms with E-state index in [1.54, 1.807) is 18.5 Å². The van der Waals surface area contributed by atoms with E-state index in [0.717, 1.165) is 22.2 Å². The minimum Gasteiger partial charge on any atom is -0.410 e. The molecular formula is C22H20N4O2. The highest BCUT2D eigenvalue weighted by atomic mass is 16.6. The second-order valence-electron chi connectivity index (χ2n) is 6.34. The molecule has 0 bridgehead atoms. The minimum atomic E-state index is -0.475. The number of nitrogens with one attached hydrogen (secondary N) is 1. The first-order valence-electron chi connectivity index (χ1n) is 8.95. The van der Waals surface area contributed by atoms with Crippen LogP contribution in [0.15, 0.2) is 85.3 Å². The summed E-state index contributed by atoms with van der Waals surface area (Å²) >= 11 is 0. The molecule has 0 spiro atoms. The molecule has 0 aliphatic heterocycles. The Balaban J connectivity index is 1.46. The molecule has 0 fully saturated rings. The van der Waals surface area contributed by atoms with Crippen LogP contribution in [0.2, 0.25) is 0 Å². The summed E-state index contributed by atoms with van der Waals surface area (Å²) in [4.78, 5) is 16.1. The van der Waals surface area contributed by atoms with Gasteiger partial charge in [-0.05, 0) is 42.0 Å². The van der Waals surface area contributed by atoms with Crippen LogP contribution in [0.25, 0.3) is 10.9 Å². The third-order valence-corrected chi connectivity index (χ3v) is 4.49. The zero-order chi connectivity index (χ0) is 19.3. The predicted octanol–water partition coefficient (Wildman–Crippen LogP) is 4.22. The van der Waals surface area contributed by atoms with Gasteiger partial charge in [0.15, 0.2) is 0 Å². The topological polar surface area (TPSA) is 59.4 Å². The first kappa shape index (κ1) is 17.6. The summed E-state index contributed by atoms with van der Waals surface area (Å²) in [5.41, 5.74) is 3.05. The van der Waals surface area contributed by atoms with Crippen LogP contribution in [0.5, 0.6) is 5.75 Å². The Labute approximate surface area is 163 Å². The lowest BCUT2D eigenvalue weighted by Crippen LogP contribution is -2.26. The summed E-state index contributed by atoms with van der Waals surface area (Å²) in [5, 5.41) is 5.77. The fourth-order valence-corrected chi connectivity index (χ4v) is 3.03. The SMILES string of the molecule is CN(c1ccncc1)n1ccc2cc(OC(=O)NCc3ccccc3)ccc21. The molecule has 6 nitrogen and oxygen atoms in total. The van der Waals surface area contributed by atoms with Crippen LogP contribution < -0.4 is 15.1 Å². The largest absolute Gasteiger partial charge is 0.412 e. The van der Waals surface area contributed by atoms with Gasteiger partial charge >= 0.3 is 6.09 Å². The molecule has 2 aromatic heterocycles. The van der Waals surface area contributed by atoms with E-state index in [0.29, 0.717) is 12.3 Å². The highest BCUT2D eigenvalue weighted by molar-refractivity contribution is 5.83. The van der Waals surface area contributed by atoms with Crippen LogP contribution in [-0.4, -0.2) is 22.8 Å². The molecule has 140 valence electrons. The van der Waals surface area contributed by atoms with Crippen molar-refractivity contribution in [3.8, 4) is 5.75 Å². The third-order valence-electron chi connectivity index (χ3n) is 4.49. The van der Waals surface area contributed by atoms with E-state index in [-0.39, 0.29) is 0 Å². The van der Waals surface area contributed by atoms with Crippen molar-refractivity contribution in [1.29, 1.82) is 0 Å². The number of carbonyl (C=O) groups excluding carboxylic acids is 1. The van der Waals surface area contributed by atoms with Gasteiger partial charge in [0.1, 0.15) is 5.75 Å². The van der Waals surface area contributed by atoms with Crippen molar-refractivity contribution >= 4 is 22.7 Å².